The fourth-order valence-electron chi connectivity index (χ4n) is 3.70. The molecular formula is C25H19FN6O2S. The van der Waals surface area contributed by atoms with Gasteiger partial charge in [-0.05, 0) is 23.8 Å². The van der Waals surface area contributed by atoms with Gasteiger partial charge < -0.3 is 5.73 Å². The third-order valence-electron chi connectivity index (χ3n) is 5.27. The zero-order valence-corrected chi connectivity index (χ0v) is 19.1. The van der Waals surface area contributed by atoms with Crippen molar-refractivity contribution in [1.29, 1.82) is 0 Å². The number of pyridine rings is 1. The van der Waals surface area contributed by atoms with Gasteiger partial charge in [-0.15, -0.1) is 11.3 Å². The van der Waals surface area contributed by atoms with Crippen molar-refractivity contribution in [1.82, 2.24) is 19.7 Å². The van der Waals surface area contributed by atoms with E-state index < -0.39 is 5.91 Å². The van der Waals surface area contributed by atoms with Crippen LogP contribution in [0.5, 0.6) is 0 Å². The number of benzene rings is 2. The molecule has 5 rings (SSSR count). The molecule has 10 heteroatoms. The number of nitrogens with zero attached hydrogens (tertiary/aromatic N) is 4. The maximum absolute atomic E-state index is 13.7. The first-order valence-corrected chi connectivity index (χ1v) is 11.5. The molecule has 0 spiro atoms. The molecule has 0 aliphatic carbocycles. The quantitative estimate of drug-likeness (QED) is 0.360. The molecule has 0 saturated heterocycles. The number of primary amides is 1. The summed E-state index contributed by atoms with van der Waals surface area (Å²) >= 11 is 1.21. The highest BCUT2D eigenvalue weighted by Gasteiger charge is 2.19. The highest BCUT2D eigenvalue weighted by atomic mass is 32.1. The van der Waals surface area contributed by atoms with Crippen molar-refractivity contribution in [3.05, 3.63) is 94.9 Å². The van der Waals surface area contributed by atoms with Crippen LogP contribution in [0.1, 0.15) is 21.6 Å². The van der Waals surface area contributed by atoms with Gasteiger partial charge in [-0.1, -0.05) is 42.5 Å². The van der Waals surface area contributed by atoms with E-state index in [9.17, 15) is 14.0 Å². The lowest BCUT2D eigenvalue weighted by atomic mass is 10.1. The van der Waals surface area contributed by atoms with Gasteiger partial charge in [-0.2, -0.15) is 5.10 Å². The van der Waals surface area contributed by atoms with Crippen LogP contribution in [-0.4, -0.2) is 31.6 Å². The van der Waals surface area contributed by atoms with E-state index in [1.54, 1.807) is 34.5 Å². The molecule has 35 heavy (non-hydrogen) atoms. The highest BCUT2D eigenvalue weighted by Crippen LogP contribution is 2.27. The van der Waals surface area contributed by atoms with Gasteiger partial charge >= 0.3 is 0 Å². The average molecular weight is 487 g/mol. The second-order valence-corrected chi connectivity index (χ2v) is 8.69. The SMILES string of the molecule is NC(=O)Cc1csc(NC(=O)c2cc(-c3ccccc3)nc3c2cnn3Cc2cccc(F)c2)n1. The Kier molecular flexibility index (Phi) is 6.02. The van der Waals surface area contributed by atoms with E-state index in [1.807, 2.05) is 30.3 Å². The average Bonchev–Trinajstić information content (AvgIpc) is 3.45. The molecule has 8 nitrogen and oxygen atoms in total. The van der Waals surface area contributed by atoms with Crippen LogP contribution in [0.15, 0.2) is 72.2 Å². The lowest BCUT2D eigenvalue weighted by Crippen LogP contribution is -2.15. The maximum Gasteiger partial charge on any atom is 0.258 e. The largest absolute Gasteiger partial charge is 0.369 e. The van der Waals surface area contributed by atoms with E-state index >= 15 is 0 Å². The van der Waals surface area contributed by atoms with Crippen LogP contribution in [0.4, 0.5) is 9.52 Å². The molecule has 5 aromatic rings. The predicted molar refractivity (Wildman–Crippen MR) is 131 cm³/mol. The molecule has 0 radical (unpaired) electrons. The number of aromatic nitrogens is 4. The number of anilines is 1. The molecule has 0 fully saturated rings. The smallest absolute Gasteiger partial charge is 0.258 e. The van der Waals surface area contributed by atoms with Crippen molar-refractivity contribution in [3.63, 3.8) is 0 Å². The Morgan fingerprint density at radius 2 is 1.89 bits per heavy atom. The van der Waals surface area contributed by atoms with E-state index in [-0.39, 0.29) is 24.7 Å². The van der Waals surface area contributed by atoms with Crippen LogP contribution < -0.4 is 11.1 Å². The molecule has 3 aromatic heterocycles. The number of carbonyl (C=O) groups is 2. The van der Waals surface area contributed by atoms with E-state index in [0.29, 0.717) is 33.1 Å². The van der Waals surface area contributed by atoms with Crippen molar-refractivity contribution in [2.75, 3.05) is 5.32 Å². The van der Waals surface area contributed by atoms with Crippen molar-refractivity contribution in [2.45, 2.75) is 13.0 Å². The van der Waals surface area contributed by atoms with Crippen molar-refractivity contribution in [2.24, 2.45) is 5.73 Å². The molecule has 0 atom stereocenters. The van der Waals surface area contributed by atoms with Gasteiger partial charge in [-0.25, -0.2) is 19.0 Å². The fraction of sp³-hybridized carbons (Fsp3) is 0.0800. The molecule has 174 valence electrons. The normalized spacial score (nSPS) is 11.0. The lowest BCUT2D eigenvalue weighted by Gasteiger charge is -2.09. The summed E-state index contributed by atoms with van der Waals surface area (Å²) in [6.07, 6.45) is 1.57. The Hall–Kier alpha value is -4.44. The molecule has 2 amide bonds. The first-order chi connectivity index (χ1) is 17.0. The number of amides is 2. The second-order valence-electron chi connectivity index (χ2n) is 7.83. The zero-order valence-electron chi connectivity index (χ0n) is 18.3. The van der Waals surface area contributed by atoms with Gasteiger partial charge in [0.25, 0.3) is 5.91 Å². The number of carbonyl (C=O) groups excluding carboxylic acids is 2. The third-order valence-corrected chi connectivity index (χ3v) is 6.08. The Bertz CT molecular complexity index is 1550. The molecule has 3 N–H and O–H groups in total. The van der Waals surface area contributed by atoms with E-state index in [2.05, 4.69) is 15.4 Å². The predicted octanol–water partition coefficient (Wildman–Crippen LogP) is 4.02. The molecule has 0 saturated carbocycles. The minimum absolute atomic E-state index is 0.00310. The van der Waals surface area contributed by atoms with Crippen LogP contribution in [0.3, 0.4) is 0 Å². The first-order valence-electron chi connectivity index (χ1n) is 10.7. The number of hydrogen-bond acceptors (Lipinski definition) is 6. The van der Waals surface area contributed by atoms with Crippen molar-refractivity contribution >= 4 is 39.3 Å². The lowest BCUT2D eigenvalue weighted by molar-refractivity contribution is -0.117. The summed E-state index contributed by atoms with van der Waals surface area (Å²) in [6, 6.07) is 17.5. The summed E-state index contributed by atoms with van der Waals surface area (Å²) in [4.78, 5) is 33.5. The highest BCUT2D eigenvalue weighted by molar-refractivity contribution is 7.14. The molecule has 0 bridgehead atoms. The Labute approximate surface area is 203 Å². The maximum atomic E-state index is 13.7. The molecule has 3 heterocycles. The number of hydrogen-bond donors (Lipinski definition) is 2. The monoisotopic (exact) mass is 486 g/mol. The number of nitrogens with one attached hydrogen (secondary N) is 1. The van der Waals surface area contributed by atoms with Gasteiger partial charge in [0, 0.05) is 10.9 Å². The molecule has 0 aliphatic rings. The van der Waals surface area contributed by atoms with Crippen LogP contribution in [0.25, 0.3) is 22.3 Å². The molecular weight excluding hydrogens is 467 g/mol. The number of rotatable bonds is 7. The third kappa shape index (κ3) is 4.92. The van der Waals surface area contributed by atoms with E-state index in [1.165, 1.54) is 23.5 Å². The Balaban J connectivity index is 1.55. The minimum atomic E-state index is -0.498. The first kappa shape index (κ1) is 22.4. The topological polar surface area (TPSA) is 116 Å². The Morgan fingerprint density at radius 3 is 2.66 bits per heavy atom. The van der Waals surface area contributed by atoms with Gasteiger partial charge in [0.2, 0.25) is 5.91 Å². The zero-order chi connectivity index (χ0) is 24.4. The van der Waals surface area contributed by atoms with Crippen LogP contribution in [0, 0.1) is 5.82 Å². The van der Waals surface area contributed by atoms with Crippen LogP contribution in [0.2, 0.25) is 0 Å². The summed E-state index contributed by atoms with van der Waals surface area (Å²) in [5.74, 6) is -1.22. The number of fused-ring (bicyclic) bond motifs is 1. The van der Waals surface area contributed by atoms with Crippen LogP contribution >= 0.6 is 11.3 Å². The van der Waals surface area contributed by atoms with E-state index in [4.69, 9.17) is 10.7 Å². The van der Waals surface area contributed by atoms with Gasteiger partial charge in [0.1, 0.15) is 5.82 Å². The second kappa shape index (κ2) is 9.43. The Morgan fingerprint density at radius 1 is 1.06 bits per heavy atom. The van der Waals surface area contributed by atoms with Crippen molar-refractivity contribution < 1.29 is 14.0 Å². The van der Waals surface area contributed by atoms with Crippen LogP contribution in [-0.2, 0) is 17.8 Å². The summed E-state index contributed by atoms with van der Waals surface area (Å²) in [5.41, 5.74) is 8.73. The molecule has 2 aromatic carbocycles. The number of halogens is 1. The summed E-state index contributed by atoms with van der Waals surface area (Å²) < 4.78 is 15.4. The van der Waals surface area contributed by atoms with Gasteiger partial charge in [0.05, 0.1) is 41.5 Å². The summed E-state index contributed by atoms with van der Waals surface area (Å²) in [5, 5.41) is 9.80. The summed E-state index contributed by atoms with van der Waals surface area (Å²) in [6.45, 7) is 0.288. The fourth-order valence-corrected chi connectivity index (χ4v) is 4.41. The van der Waals surface area contributed by atoms with Crippen molar-refractivity contribution in [3.8, 4) is 11.3 Å². The number of thiazole rings is 1. The molecule has 0 unspecified atom stereocenters. The summed E-state index contributed by atoms with van der Waals surface area (Å²) in [7, 11) is 0. The van der Waals surface area contributed by atoms with Gasteiger partial charge in [0.15, 0.2) is 10.8 Å². The standard InChI is InChI=1S/C25H19FN6O2S/c26-17-8-4-5-15(9-17)13-32-23-20(12-28-32)19(11-21(30-23)16-6-2-1-3-7-16)24(34)31-25-29-18(14-35-25)10-22(27)33/h1-9,11-12,14H,10,13H2,(H2,27,33)(H,29,31,34). The van der Waals surface area contributed by atoms with E-state index in [0.717, 1.165) is 11.1 Å². The molecule has 0 aliphatic heterocycles. The number of nitrogens with two attached hydrogens (primary N) is 1. The minimum Gasteiger partial charge on any atom is -0.369 e. The van der Waals surface area contributed by atoms with Gasteiger partial charge in [-0.3, -0.25) is 14.9 Å².